The molecule has 0 amide bonds. The lowest BCUT2D eigenvalue weighted by atomic mass is 9.34. The van der Waals surface area contributed by atoms with E-state index in [-0.39, 0.29) is 6.71 Å². The summed E-state index contributed by atoms with van der Waals surface area (Å²) in [5, 5.41) is 14.7. The summed E-state index contributed by atoms with van der Waals surface area (Å²) in [5.74, 6) is 0. The van der Waals surface area contributed by atoms with Gasteiger partial charge < -0.3 is 23.5 Å². The number of anilines is 6. The van der Waals surface area contributed by atoms with Crippen molar-refractivity contribution in [3.05, 3.63) is 278 Å². The Morgan fingerprint density at radius 1 is 0.293 bits per heavy atom. The molecular formula is C76H50BN5. The van der Waals surface area contributed by atoms with E-state index in [1.807, 2.05) is 0 Å². The lowest BCUT2D eigenvalue weighted by molar-refractivity contribution is 1.02. The van der Waals surface area contributed by atoms with Gasteiger partial charge in [-0.05, 0) is 170 Å². The minimum atomic E-state index is -0.0709. The molecule has 6 heteroatoms. The molecule has 3 aromatic heterocycles. The average molecular weight is 1040 g/mol. The molecule has 382 valence electrons. The van der Waals surface area contributed by atoms with Crippen LogP contribution in [0.4, 0.5) is 34.1 Å². The highest BCUT2D eigenvalue weighted by atomic mass is 15.2. The molecule has 0 unspecified atom stereocenters. The highest BCUT2D eigenvalue weighted by molar-refractivity contribution is 7.00. The van der Waals surface area contributed by atoms with Gasteiger partial charge in [-0.25, -0.2) is 0 Å². The molecule has 0 radical (unpaired) electrons. The van der Waals surface area contributed by atoms with Crippen molar-refractivity contribution in [2.45, 2.75) is 13.8 Å². The topological polar surface area (TPSA) is 21.3 Å². The van der Waals surface area contributed by atoms with Gasteiger partial charge in [-0.1, -0.05) is 170 Å². The fraction of sp³-hybridized carbons (Fsp3) is 0.0263. The third-order valence-corrected chi connectivity index (χ3v) is 18.1. The highest BCUT2D eigenvalue weighted by Gasteiger charge is 2.42. The minimum Gasteiger partial charge on any atom is -0.315 e. The second-order valence-corrected chi connectivity index (χ2v) is 22.6. The van der Waals surface area contributed by atoms with E-state index in [1.165, 1.54) is 126 Å². The molecule has 5 heterocycles. The summed E-state index contributed by atoms with van der Waals surface area (Å²) in [4.78, 5) is 4.99. The number of hydrogen-bond acceptors (Lipinski definition) is 2. The first kappa shape index (κ1) is 45.3. The second-order valence-electron chi connectivity index (χ2n) is 22.6. The monoisotopic (exact) mass is 1040 g/mol. The van der Waals surface area contributed by atoms with Crippen LogP contribution in [0, 0.1) is 13.8 Å². The smallest absolute Gasteiger partial charge is 0.252 e. The Bertz CT molecular complexity index is 4940. The molecule has 0 saturated heterocycles. The lowest BCUT2D eigenvalue weighted by Gasteiger charge is -2.36. The van der Waals surface area contributed by atoms with Gasteiger partial charge in [0.05, 0.1) is 39.1 Å². The normalized spacial score (nSPS) is 12.5. The molecule has 2 aliphatic heterocycles. The number of rotatable bonds is 7. The van der Waals surface area contributed by atoms with E-state index >= 15 is 0 Å². The van der Waals surface area contributed by atoms with Crippen LogP contribution in [0.2, 0.25) is 0 Å². The number of para-hydroxylation sites is 2. The molecular weight excluding hydrogens is 994 g/mol. The van der Waals surface area contributed by atoms with E-state index in [0.29, 0.717) is 0 Å². The van der Waals surface area contributed by atoms with Gasteiger partial charge in [0, 0.05) is 67.1 Å². The first-order valence-electron chi connectivity index (χ1n) is 28.5. The molecule has 0 aliphatic carbocycles. The molecule has 0 atom stereocenters. The Morgan fingerprint density at radius 2 is 0.634 bits per heavy atom. The molecule has 0 bridgehead atoms. The van der Waals surface area contributed by atoms with Gasteiger partial charge >= 0.3 is 0 Å². The van der Waals surface area contributed by atoms with Crippen molar-refractivity contribution in [2.24, 2.45) is 0 Å². The summed E-state index contributed by atoms with van der Waals surface area (Å²) in [6, 6.07) is 100.0. The number of hydrogen-bond donors (Lipinski definition) is 0. The van der Waals surface area contributed by atoms with Crippen LogP contribution in [0.3, 0.4) is 0 Å². The number of aryl methyl sites for hydroxylation is 2. The zero-order valence-electron chi connectivity index (χ0n) is 45.2. The maximum absolute atomic E-state index is 2.59. The van der Waals surface area contributed by atoms with Gasteiger partial charge in [-0.2, -0.15) is 0 Å². The number of fused-ring (bicyclic) bond motifs is 11. The summed E-state index contributed by atoms with van der Waals surface area (Å²) < 4.78 is 7.69. The van der Waals surface area contributed by atoms with E-state index in [2.05, 4.69) is 304 Å². The van der Waals surface area contributed by atoms with Crippen LogP contribution in [-0.4, -0.2) is 20.4 Å². The molecule has 82 heavy (non-hydrogen) atoms. The Hall–Kier alpha value is -10.6. The predicted molar refractivity (Wildman–Crippen MR) is 348 cm³/mol. The van der Waals surface area contributed by atoms with Gasteiger partial charge in [0.25, 0.3) is 6.71 Å². The maximum atomic E-state index is 2.59. The molecule has 0 saturated carbocycles. The van der Waals surface area contributed by atoms with Crippen molar-refractivity contribution in [1.29, 1.82) is 0 Å². The first-order valence-corrected chi connectivity index (χ1v) is 28.5. The van der Waals surface area contributed by atoms with Crippen molar-refractivity contribution in [3.8, 4) is 17.1 Å². The largest absolute Gasteiger partial charge is 0.315 e. The van der Waals surface area contributed by atoms with E-state index in [1.54, 1.807) is 0 Å². The van der Waals surface area contributed by atoms with Crippen LogP contribution in [0.1, 0.15) is 11.4 Å². The number of nitrogens with zero attached hydrogens (tertiary/aromatic N) is 5. The minimum absolute atomic E-state index is 0.0709. The fourth-order valence-corrected chi connectivity index (χ4v) is 14.6. The van der Waals surface area contributed by atoms with Crippen molar-refractivity contribution in [2.75, 3.05) is 9.80 Å². The summed E-state index contributed by atoms with van der Waals surface area (Å²) >= 11 is 0. The zero-order valence-corrected chi connectivity index (χ0v) is 45.2. The maximum Gasteiger partial charge on any atom is 0.252 e. The molecule has 0 N–H and O–H groups in total. The molecule has 0 spiro atoms. The zero-order chi connectivity index (χ0) is 53.9. The van der Waals surface area contributed by atoms with E-state index in [0.717, 1.165) is 39.8 Å². The van der Waals surface area contributed by atoms with Crippen molar-refractivity contribution in [1.82, 2.24) is 13.7 Å². The molecule has 13 aromatic carbocycles. The van der Waals surface area contributed by atoms with E-state index in [9.17, 15) is 0 Å². The quantitative estimate of drug-likeness (QED) is 0.148. The van der Waals surface area contributed by atoms with Crippen LogP contribution in [0.25, 0.3) is 104 Å². The first-order chi connectivity index (χ1) is 40.5. The Kier molecular flexibility index (Phi) is 9.39. The Balaban J connectivity index is 0.932. The SMILES string of the molecule is Cc1cc2c(N(c3ccc4ccccc4c3)c3ccc4ccccc4c3)ccc3c2n1-c1cc(-n2c4ccccc4c4ccccc42)cc2c1B3c1ccc(N(c3ccc4ccccc4c3)c3ccc4ccccc4c3)c3cc(C)n-2c13. The van der Waals surface area contributed by atoms with Crippen LogP contribution in [0.5, 0.6) is 0 Å². The molecule has 5 nitrogen and oxygen atoms in total. The van der Waals surface area contributed by atoms with Crippen molar-refractivity contribution < 1.29 is 0 Å². The van der Waals surface area contributed by atoms with Crippen molar-refractivity contribution in [3.63, 3.8) is 0 Å². The van der Waals surface area contributed by atoms with Crippen LogP contribution in [0.15, 0.2) is 267 Å². The average Bonchev–Trinajstić information content (AvgIpc) is 3.66. The van der Waals surface area contributed by atoms with Crippen LogP contribution >= 0.6 is 0 Å². The summed E-state index contributed by atoms with van der Waals surface area (Å²) in [6.07, 6.45) is 0. The fourth-order valence-electron chi connectivity index (χ4n) is 14.6. The van der Waals surface area contributed by atoms with Crippen molar-refractivity contribution >= 4 is 144 Å². The summed E-state index contributed by atoms with van der Waals surface area (Å²) in [7, 11) is 0. The summed E-state index contributed by atoms with van der Waals surface area (Å²) in [6.45, 7) is 4.54. The van der Waals surface area contributed by atoms with E-state index < -0.39 is 0 Å². The summed E-state index contributed by atoms with van der Waals surface area (Å²) in [5.41, 5.74) is 21.5. The molecule has 16 aromatic rings. The standard InChI is InChI=1S/C76H50BN5/c1-47-39-64-70(80(57-31-27-49-15-3-7-19-53(49)41-57)58-32-28-50-16-4-8-20-54(50)42-58)37-35-66-75(64)78(47)72-45-61(82-68-25-13-11-23-62(68)63-24-12-14-26-69(63)82)46-73-74(72)77(66)67-36-38-71(65-40-48(2)79(73)76(65)67)81(59-33-29-51-17-5-9-21-55(51)43-59)60-34-30-52-18-6-10-22-56(52)44-60/h3-46H,1-2H3. The van der Waals surface area contributed by atoms with Gasteiger partial charge in [0.15, 0.2) is 0 Å². The molecule has 0 fully saturated rings. The predicted octanol–water partition coefficient (Wildman–Crippen LogP) is 18.0. The molecule has 2 aliphatic rings. The number of aromatic nitrogens is 3. The van der Waals surface area contributed by atoms with Gasteiger partial charge in [-0.15, -0.1) is 0 Å². The van der Waals surface area contributed by atoms with Gasteiger partial charge in [0.2, 0.25) is 0 Å². The van der Waals surface area contributed by atoms with Gasteiger partial charge in [-0.3, -0.25) is 0 Å². The molecule has 18 rings (SSSR count). The third kappa shape index (κ3) is 6.40. The highest BCUT2D eigenvalue weighted by Crippen LogP contribution is 2.47. The Morgan fingerprint density at radius 3 is 1.01 bits per heavy atom. The van der Waals surface area contributed by atoms with Gasteiger partial charge in [0.1, 0.15) is 0 Å². The third-order valence-electron chi connectivity index (χ3n) is 18.1. The van der Waals surface area contributed by atoms with E-state index in [4.69, 9.17) is 0 Å². The lowest BCUT2D eigenvalue weighted by Crippen LogP contribution is -2.59. The second kappa shape index (κ2) is 17.0. The number of benzene rings is 13. The van der Waals surface area contributed by atoms with Crippen LogP contribution < -0.4 is 26.2 Å². The Labute approximate surface area is 474 Å². The van der Waals surface area contributed by atoms with Crippen LogP contribution in [-0.2, 0) is 0 Å².